The predicted molar refractivity (Wildman–Crippen MR) is 374 cm³/mol. The summed E-state index contributed by atoms with van der Waals surface area (Å²) in [6.07, 6.45) is 7.81. The standard InChI is InChI=1S/4C19H16N4.4ClH/c4*1-4-10-17(11-5-1)21-16-20-22(18-12-6-2-7-13-18)23(21)19-14-8-3-9-15-19;;;;/h4*1-16H;4*1H. The zero-order chi connectivity index (χ0) is 61.9. The number of nitrogens with one attached hydrogen (secondary N) is 4. The Morgan fingerprint density at radius 1 is 0.156 bits per heavy atom. The van der Waals surface area contributed by atoms with Crippen LogP contribution < -0.4 is 112 Å². The first-order valence-corrected chi connectivity index (χ1v) is 30.3. The summed E-state index contributed by atoms with van der Waals surface area (Å²) in [6.45, 7) is 0. The van der Waals surface area contributed by atoms with Gasteiger partial charge in [-0.05, 0) is 146 Å². The summed E-state index contributed by atoms with van der Waals surface area (Å²) in [5.74, 6) is 0. The maximum absolute atomic E-state index is 3.33. The molecule has 0 spiro atoms. The van der Waals surface area contributed by atoms with E-state index in [9.17, 15) is 0 Å². The van der Waals surface area contributed by atoms with Crippen molar-refractivity contribution in [2.45, 2.75) is 0 Å². The molecule has 0 saturated heterocycles. The van der Waals surface area contributed by atoms with Crippen LogP contribution in [0.2, 0.25) is 0 Å². The highest BCUT2D eigenvalue weighted by Gasteiger charge is 2.37. The SMILES string of the molecule is C1=[N+](c2ccccc2)N(c2ccccc2)N(c2ccccc2)N1.C1=[N+](c2ccccc2)N(c2ccccc2)N(c2ccccc2)N1.C1=[N+](c2ccccc2)N(c2ccccc2)N(c2ccccc2)N1.C1=[N+](c2ccccc2)N(c2ccccc2)N(c2ccccc2)N1.[Cl-].[Cl-].[Cl-].[Cl-]. The normalized spacial score (nSPS) is 13.1. The Morgan fingerprint density at radius 2 is 0.281 bits per heavy atom. The van der Waals surface area contributed by atoms with Crippen LogP contribution in [0.4, 0.5) is 68.2 Å². The average molecular weight is 1350 g/mol. The fraction of sp³-hybridized carbons (Fsp3) is 0. The number of anilines is 8. The lowest BCUT2D eigenvalue weighted by Crippen LogP contribution is -3.00. The summed E-state index contributed by atoms with van der Waals surface area (Å²) < 4.78 is 8.34. The predicted octanol–water partition coefficient (Wildman–Crippen LogP) is 2.90. The van der Waals surface area contributed by atoms with Crippen LogP contribution in [0, 0.1) is 0 Å². The second kappa shape index (κ2) is 34.1. The fourth-order valence-electron chi connectivity index (χ4n) is 10.5. The molecule has 4 aliphatic rings. The maximum atomic E-state index is 3.33. The van der Waals surface area contributed by atoms with Crippen LogP contribution in [-0.2, 0) is 0 Å². The van der Waals surface area contributed by atoms with Gasteiger partial charge in [0.2, 0.25) is 0 Å². The van der Waals surface area contributed by atoms with Gasteiger partial charge in [0.25, 0.3) is 25.4 Å². The molecule has 4 N–H and O–H groups in total. The average Bonchev–Trinajstić information content (AvgIpc) is 1.66. The third-order valence-electron chi connectivity index (χ3n) is 14.8. The van der Waals surface area contributed by atoms with Crippen molar-refractivity contribution in [1.29, 1.82) is 0 Å². The molecule has 12 aromatic rings. The molecular formula is C76H68Cl4N16. The minimum Gasteiger partial charge on any atom is -1.00 e. The number of hydrazone groups is 4. The van der Waals surface area contributed by atoms with Crippen molar-refractivity contribution < 1.29 is 68.4 Å². The third-order valence-corrected chi connectivity index (χ3v) is 14.8. The molecule has 0 unspecified atom stereocenters. The number of hydrogen-bond donors (Lipinski definition) is 4. The van der Waals surface area contributed by atoms with E-state index in [2.05, 4.69) is 207 Å². The molecule has 16 nitrogen and oxygen atoms in total. The molecule has 0 fully saturated rings. The van der Waals surface area contributed by atoms with Gasteiger partial charge in [-0.1, -0.05) is 259 Å². The Labute approximate surface area is 584 Å². The Bertz CT molecular complexity index is 3800. The second-order valence-electron chi connectivity index (χ2n) is 20.8. The van der Waals surface area contributed by atoms with E-state index < -0.39 is 0 Å². The first-order chi connectivity index (χ1) is 45.7. The number of benzene rings is 12. The van der Waals surface area contributed by atoms with Gasteiger partial charge in [0, 0.05) is 0 Å². The van der Waals surface area contributed by atoms with Gasteiger partial charge in [-0.25, -0.2) is 0 Å². The van der Waals surface area contributed by atoms with Crippen LogP contribution in [0.5, 0.6) is 0 Å². The monoisotopic (exact) mass is 1340 g/mol. The van der Waals surface area contributed by atoms with E-state index in [0.717, 1.165) is 68.2 Å². The summed E-state index contributed by atoms with van der Waals surface area (Å²) in [7, 11) is 0. The Morgan fingerprint density at radius 3 is 0.427 bits per heavy atom. The topological polar surface area (TPSA) is 86.1 Å². The minimum atomic E-state index is 0. The zero-order valence-corrected chi connectivity index (χ0v) is 54.9. The lowest BCUT2D eigenvalue weighted by Gasteiger charge is -2.26. The van der Waals surface area contributed by atoms with Crippen molar-refractivity contribution in [1.82, 2.24) is 21.7 Å². The van der Waals surface area contributed by atoms with Crippen LogP contribution >= 0.6 is 0 Å². The molecule has 4 aliphatic heterocycles. The van der Waals surface area contributed by atoms with Crippen molar-refractivity contribution in [2.75, 3.05) is 40.9 Å². The number of halogens is 4. The van der Waals surface area contributed by atoms with Gasteiger partial charge in [0.1, 0.15) is 45.5 Å². The Balaban J connectivity index is 0.000000148. The summed E-state index contributed by atoms with van der Waals surface area (Å²) in [5, 5.41) is 16.5. The smallest absolute Gasteiger partial charge is 0.288 e. The number of hydrazine groups is 12. The number of nitrogens with zero attached hydrogens (tertiary/aromatic N) is 12. The van der Waals surface area contributed by atoms with E-state index in [4.69, 9.17) is 0 Å². The van der Waals surface area contributed by atoms with Gasteiger partial charge >= 0.3 is 0 Å². The molecule has 16 rings (SSSR count). The van der Waals surface area contributed by atoms with Gasteiger partial charge in [0.05, 0.1) is 0 Å². The van der Waals surface area contributed by atoms with Gasteiger partial charge < -0.3 is 49.6 Å². The van der Waals surface area contributed by atoms with Crippen molar-refractivity contribution in [2.24, 2.45) is 0 Å². The number of para-hydroxylation sites is 12. The second-order valence-corrected chi connectivity index (χ2v) is 20.8. The van der Waals surface area contributed by atoms with E-state index in [1.54, 1.807) is 0 Å². The largest absolute Gasteiger partial charge is 1.00 e. The van der Waals surface area contributed by atoms with Crippen molar-refractivity contribution in [3.63, 3.8) is 0 Å². The van der Waals surface area contributed by atoms with Gasteiger partial charge in [0.15, 0.2) is 22.7 Å². The molecule has 0 bridgehead atoms. The third kappa shape index (κ3) is 15.9. The first-order valence-electron chi connectivity index (χ1n) is 30.3. The van der Waals surface area contributed by atoms with E-state index in [0.29, 0.717) is 0 Å². The molecule has 4 heterocycles. The van der Waals surface area contributed by atoms with Crippen LogP contribution in [0.15, 0.2) is 364 Å². The van der Waals surface area contributed by atoms with E-state index in [-0.39, 0.29) is 49.6 Å². The summed E-state index contributed by atoms with van der Waals surface area (Å²) in [5.41, 5.74) is 26.2. The molecule has 0 saturated carbocycles. The molecule has 0 atom stereocenters. The fourth-order valence-corrected chi connectivity index (χ4v) is 10.5. The highest BCUT2D eigenvalue weighted by molar-refractivity contribution is 5.70. The quantitative estimate of drug-likeness (QED) is 0.136. The Kier molecular flexibility index (Phi) is 24.3. The molecule has 96 heavy (non-hydrogen) atoms. The molecule has 0 aliphatic carbocycles. The molecule has 480 valence electrons. The molecular weight excluding hydrogens is 1280 g/mol. The molecule has 20 heteroatoms. The van der Waals surface area contributed by atoms with Crippen LogP contribution in [0.25, 0.3) is 0 Å². The van der Waals surface area contributed by atoms with Crippen LogP contribution in [0.3, 0.4) is 0 Å². The Hall–Kier alpha value is -11.9. The summed E-state index contributed by atoms with van der Waals surface area (Å²) in [6, 6.07) is 123. The van der Waals surface area contributed by atoms with Crippen molar-refractivity contribution >= 4 is 93.6 Å². The van der Waals surface area contributed by atoms with E-state index in [1.165, 1.54) is 0 Å². The molecule has 12 aromatic carbocycles. The zero-order valence-electron chi connectivity index (χ0n) is 51.8. The minimum absolute atomic E-state index is 0. The van der Waals surface area contributed by atoms with Gasteiger partial charge in [-0.15, -0.1) is 18.7 Å². The molecule has 0 amide bonds. The lowest BCUT2D eigenvalue weighted by molar-refractivity contribution is -0.444. The highest BCUT2D eigenvalue weighted by atomic mass is 35.5. The molecule has 0 radical (unpaired) electrons. The number of rotatable bonds is 12. The van der Waals surface area contributed by atoms with Gasteiger partial charge in [-0.2, -0.15) is 21.7 Å². The molecule has 0 aromatic heterocycles. The highest BCUT2D eigenvalue weighted by Crippen LogP contribution is 2.32. The van der Waals surface area contributed by atoms with E-state index >= 15 is 0 Å². The van der Waals surface area contributed by atoms with Crippen molar-refractivity contribution in [3.8, 4) is 0 Å². The van der Waals surface area contributed by atoms with Crippen molar-refractivity contribution in [3.05, 3.63) is 364 Å². The number of hydrogen-bond acceptors (Lipinski definition) is 12. The van der Waals surface area contributed by atoms with Crippen LogP contribution in [0.1, 0.15) is 0 Å². The lowest BCUT2D eigenvalue weighted by atomic mass is 10.3. The summed E-state index contributed by atoms with van der Waals surface area (Å²) in [4.78, 5) is 0. The summed E-state index contributed by atoms with van der Waals surface area (Å²) >= 11 is 0. The van der Waals surface area contributed by atoms with Crippen LogP contribution in [-0.4, -0.2) is 44.1 Å². The first kappa shape index (κ1) is 68.4. The van der Waals surface area contributed by atoms with Gasteiger partial charge in [-0.3, -0.25) is 0 Å². The van der Waals surface area contributed by atoms with E-state index in [1.807, 2.05) is 264 Å². The maximum Gasteiger partial charge on any atom is 0.288 e.